The number of methoxy groups -OCH3 is 1. The van der Waals surface area contributed by atoms with Crippen molar-refractivity contribution in [2.24, 2.45) is 0 Å². The van der Waals surface area contributed by atoms with E-state index in [1.165, 1.54) is 0 Å². The highest BCUT2D eigenvalue weighted by Gasteiger charge is 2.17. The number of rotatable bonds is 6. The van der Waals surface area contributed by atoms with Gasteiger partial charge in [-0.05, 0) is 25.5 Å². The molecule has 0 saturated heterocycles. The van der Waals surface area contributed by atoms with Gasteiger partial charge in [-0.1, -0.05) is 13.0 Å². The molecular weight excluding hydrogens is 220 g/mol. The maximum Gasteiger partial charge on any atom is 0.342 e. The minimum atomic E-state index is -0.380. The van der Waals surface area contributed by atoms with Crippen LogP contribution in [-0.2, 0) is 4.74 Å². The number of para-hydroxylation sites is 1. The van der Waals surface area contributed by atoms with Gasteiger partial charge in [0.15, 0.2) is 11.5 Å². The van der Waals surface area contributed by atoms with E-state index in [1.807, 2.05) is 13.8 Å². The minimum Gasteiger partial charge on any atom is -0.493 e. The SMILES string of the molecule is CCCOC(=O)c1cccc(OC)c1OCC. The molecule has 0 spiro atoms. The van der Waals surface area contributed by atoms with Crippen LogP contribution in [-0.4, -0.2) is 26.3 Å². The van der Waals surface area contributed by atoms with Crippen molar-refractivity contribution < 1.29 is 19.0 Å². The third-order valence-corrected chi connectivity index (χ3v) is 2.14. The van der Waals surface area contributed by atoms with E-state index in [2.05, 4.69) is 0 Å². The lowest BCUT2D eigenvalue weighted by Crippen LogP contribution is -2.09. The maximum atomic E-state index is 11.8. The molecule has 4 nitrogen and oxygen atoms in total. The van der Waals surface area contributed by atoms with Gasteiger partial charge in [-0.3, -0.25) is 0 Å². The Morgan fingerprint density at radius 2 is 2.06 bits per heavy atom. The molecule has 0 aliphatic carbocycles. The van der Waals surface area contributed by atoms with Crippen LogP contribution in [0.5, 0.6) is 11.5 Å². The lowest BCUT2D eigenvalue weighted by molar-refractivity contribution is 0.0500. The van der Waals surface area contributed by atoms with Gasteiger partial charge in [-0.2, -0.15) is 0 Å². The summed E-state index contributed by atoms with van der Waals surface area (Å²) in [6.45, 7) is 4.67. The fourth-order valence-corrected chi connectivity index (χ4v) is 1.40. The smallest absolute Gasteiger partial charge is 0.342 e. The van der Waals surface area contributed by atoms with Crippen molar-refractivity contribution in [3.05, 3.63) is 23.8 Å². The Morgan fingerprint density at radius 1 is 1.29 bits per heavy atom. The van der Waals surface area contributed by atoms with Gasteiger partial charge in [0.25, 0.3) is 0 Å². The second-order valence-corrected chi connectivity index (χ2v) is 3.41. The predicted octanol–water partition coefficient (Wildman–Crippen LogP) is 2.66. The normalized spacial score (nSPS) is 9.82. The molecule has 1 rings (SSSR count). The average molecular weight is 238 g/mol. The first-order valence-electron chi connectivity index (χ1n) is 5.71. The average Bonchev–Trinajstić information content (AvgIpc) is 2.36. The number of hydrogen-bond acceptors (Lipinski definition) is 4. The maximum absolute atomic E-state index is 11.8. The summed E-state index contributed by atoms with van der Waals surface area (Å²) in [5, 5.41) is 0. The second-order valence-electron chi connectivity index (χ2n) is 3.41. The van der Waals surface area contributed by atoms with Crippen LogP contribution in [0.4, 0.5) is 0 Å². The van der Waals surface area contributed by atoms with Crippen molar-refractivity contribution in [2.75, 3.05) is 20.3 Å². The summed E-state index contributed by atoms with van der Waals surface area (Å²) >= 11 is 0. The summed E-state index contributed by atoms with van der Waals surface area (Å²) in [5.74, 6) is 0.602. The van der Waals surface area contributed by atoms with Gasteiger partial charge in [0.2, 0.25) is 0 Å². The van der Waals surface area contributed by atoms with Gasteiger partial charge in [-0.15, -0.1) is 0 Å². The Kier molecular flexibility index (Phi) is 5.33. The number of carbonyl (C=O) groups excluding carboxylic acids is 1. The molecule has 0 atom stereocenters. The summed E-state index contributed by atoms with van der Waals surface area (Å²) in [4.78, 5) is 11.8. The molecule has 0 aliphatic heterocycles. The fourth-order valence-electron chi connectivity index (χ4n) is 1.40. The lowest BCUT2D eigenvalue weighted by atomic mass is 10.2. The van der Waals surface area contributed by atoms with Gasteiger partial charge in [0.05, 0.1) is 20.3 Å². The fraction of sp³-hybridized carbons (Fsp3) is 0.462. The van der Waals surface area contributed by atoms with Crippen molar-refractivity contribution in [3.8, 4) is 11.5 Å². The zero-order chi connectivity index (χ0) is 12.7. The largest absolute Gasteiger partial charge is 0.493 e. The lowest BCUT2D eigenvalue weighted by Gasteiger charge is -2.13. The number of hydrogen-bond donors (Lipinski definition) is 0. The molecule has 0 saturated carbocycles. The summed E-state index contributed by atoms with van der Waals surface area (Å²) in [5.41, 5.74) is 0.402. The molecule has 4 heteroatoms. The summed E-state index contributed by atoms with van der Waals surface area (Å²) in [6.07, 6.45) is 0.791. The van der Waals surface area contributed by atoms with Gasteiger partial charge in [-0.25, -0.2) is 4.79 Å². The number of esters is 1. The van der Waals surface area contributed by atoms with E-state index in [-0.39, 0.29) is 5.97 Å². The molecule has 0 radical (unpaired) electrons. The van der Waals surface area contributed by atoms with E-state index in [0.717, 1.165) is 6.42 Å². The highest BCUT2D eigenvalue weighted by Crippen LogP contribution is 2.31. The van der Waals surface area contributed by atoms with Crippen molar-refractivity contribution in [3.63, 3.8) is 0 Å². The van der Waals surface area contributed by atoms with Crippen molar-refractivity contribution in [1.29, 1.82) is 0 Å². The molecule has 0 heterocycles. The third kappa shape index (κ3) is 3.37. The van der Waals surface area contributed by atoms with E-state index >= 15 is 0 Å². The summed E-state index contributed by atoms with van der Waals surface area (Å²) < 4.78 is 15.7. The Balaban J connectivity index is 3.00. The Morgan fingerprint density at radius 3 is 2.65 bits per heavy atom. The van der Waals surface area contributed by atoms with Crippen molar-refractivity contribution in [1.82, 2.24) is 0 Å². The third-order valence-electron chi connectivity index (χ3n) is 2.14. The minimum absolute atomic E-state index is 0.380. The van der Waals surface area contributed by atoms with Crippen LogP contribution in [0.15, 0.2) is 18.2 Å². The Labute approximate surface area is 101 Å². The Bertz CT molecular complexity index is 374. The molecule has 0 fully saturated rings. The van der Waals surface area contributed by atoms with Gasteiger partial charge >= 0.3 is 5.97 Å². The van der Waals surface area contributed by atoms with Crippen LogP contribution in [0.3, 0.4) is 0 Å². The zero-order valence-electron chi connectivity index (χ0n) is 10.5. The molecule has 94 valence electrons. The highest BCUT2D eigenvalue weighted by molar-refractivity contribution is 5.93. The summed E-state index contributed by atoms with van der Waals surface area (Å²) in [7, 11) is 1.54. The topological polar surface area (TPSA) is 44.8 Å². The van der Waals surface area contributed by atoms with E-state index in [1.54, 1.807) is 25.3 Å². The molecule has 0 aliphatic rings. The summed E-state index contributed by atoms with van der Waals surface area (Å²) in [6, 6.07) is 5.16. The van der Waals surface area contributed by atoms with Crippen LogP contribution >= 0.6 is 0 Å². The predicted molar refractivity (Wildman–Crippen MR) is 64.7 cm³/mol. The molecule has 0 amide bonds. The number of ether oxygens (including phenoxy) is 3. The van der Waals surface area contributed by atoms with Crippen LogP contribution < -0.4 is 9.47 Å². The van der Waals surface area contributed by atoms with Crippen LogP contribution in [0.25, 0.3) is 0 Å². The van der Waals surface area contributed by atoms with Crippen LogP contribution in [0.2, 0.25) is 0 Å². The first kappa shape index (κ1) is 13.4. The van der Waals surface area contributed by atoms with E-state index in [0.29, 0.717) is 30.3 Å². The number of carbonyl (C=O) groups is 1. The van der Waals surface area contributed by atoms with Crippen molar-refractivity contribution in [2.45, 2.75) is 20.3 Å². The molecule has 0 aromatic heterocycles. The first-order chi connectivity index (χ1) is 8.24. The monoisotopic (exact) mass is 238 g/mol. The molecule has 1 aromatic rings. The molecule has 0 bridgehead atoms. The molecule has 1 aromatic carbocycles. The van der Waals surface area contributed by atoms with Crippen LogP contribution in [0, 0.1) is 0 Å². The first-order valence-corrected chi connectivity index (χ1v) is 5.71. The number of benzene rings is 1. The highest BCUT2D eigenvalue weighted by atomic mass is 16.5. The molecule has 17 heavy (non-hydrogen) atoms. The van der Waals surface area contributed by atoms with E-state index < -0.39 is 0 Å². The van der Waals surface area contributed by atoms with Gasteiger partial charge in [0, 0.05) is 0 Å². The molecular formula is C13H18O4. The van der Waals surface area contributed by atoms with E-state index in [9.17, 15) is 4.79 Å². The molecule has 0 N–H and O–H groups in total. The Hall–Kier alpha value is -1.71. The second kappa shape index (κ2) is 6.78. The van der Waals surface area contributed by atoms with Crippen LogP contribution in [0.1, 0.15) is 30.6 Å². The zero-order valence-corrected chi connectivity index (χ0v) is 10.5. The standard InChI is InChI=1S/C13H18O4/c1-4-9-17-13(14)10-7-6-8-11(15-3)12(10)16-5-2/h6-8H,4-5,9H2,1-3H3. The van der Waals surface area contributed by atoms with Gasteiger partial charge in [0.1, 0.15) is 5.56 Å². The van der Waals surface area contributed by atoms with E-state index in [4.69, 9.17) is 14.2 Å². The van der Waals surface area contributed by atoms with Gasteiger partial charge < -0.3 is 14.2 Å². The molecule has 0 unspecified atom stereocenters. The quantitative estimate of drug-likeness (QED) is 0.715. The van der Waals surface area contributed by atoms with Crippen molar-refractivity contribution >= 4 is 5.97 Å².